The molecule has 0 unspecified atom stereocenters. The first-order valence-corrected chi connectivity index (χ1v) is 12.3. The average Bonchev–Trinajstić information content (AvgIpc) is 2.97. The molecule has 0 aromatic heterocycles. The predicted octanol–water partition coefficient (Wildman–Crippen LogP) is 4.66. The monoisotopic (exact) mass is 418 g/mol. The number of nitrogens with one attached hydrogen (secondary N) is 2. The molecule has 0 radical (unpaired) electrons. The van der Waals surface area contributed by atoms with E-state index in [2.05, 4.69) is 10.0 Å². The maximum atomic E-state index is 12.5. The zero-order chi connectivity index (χ0) is 20.0. The van der Waals surface area contributed by atoms with Gasteiger partial charge in [-0.2, -0.15) is 0 Å². The van der Waals surface area contributed by atoms with Gasteiger partial charge in [0.15, 0.2) is 0 Å². The number of thioether (sulfide) groups is 1. The van der Waals surface area contributed by atoms with Gasteiger partial charge < -0.3 is 5.32 Å². The number of carbonyl (C=O) groups excluding carboxylic acids is 1. The van der Waals surface area contributed by atoms with Gasteiger partial charge in [-0.3, -0.25) is 9.52 Å². The van der Waals surface area contributed by atoms with E-state index in [0.29, 0.717) is 11.3 Å². The largest absolute Gasteiger partial charge is 0.349 e. The molecule has 2 aromatic rings. The maximum Gasteiger partial charge on any atom is 0.261 e. The number of rotatable bonds is 6. The summed E-state index contributed by atoms with van der Waals surface area (Å²) >= 11 is 1.56. The lowest BCUT2D eigenvalue weighted by molar-refractivity contribution is 0.0933. The van der Waals surface area contributed by atoms with Gasteiger partial charge in [0, 0.05) is 22.2 Å². The van der Waals surface area contributed by atoms with Gasteiger partial charge in [0.05, 0.1) is 4.90 Å². The van der Waals surface area contributed by atoms with E-state index in [4.69, 9.17) is 0 Å². The lowest BCUT2D eigenvalue weighted by atomic mass is 10.1. The fourth-order valence-electron chi connectivity index (χ4n) is 3.35. The molecule has 1 fully saturated rings. The Morgan fingerprint density at radius 1 is 0.929 bits per heavy atom. The van der Waals surface area contributed by atoms with Crippen molar-refractivity contribution in [3.8, 4) is 0 Å². The molecule has 0 atom stereocenters. The molecule has 0 heterocycles. The lowest BCUT2D eigenvalue weighted by Gasteiger charge is -2.16. The Balaban J connectivity index is 1.63. The van der Waals surface area contributed by atoms with E-state index >= 15 is 0 Å². The second-order valence-corrected chi connectivity index (χ2v) is 9.58. The molecule has 2 N–H and O–H groups in total. The molecule has 150 valence electrons. The smallest absolute Gasteiger partial charge is 0.261 e. The van der Waals surface area contributed by atoms with Crippen molar-refractivity contribution in [2.75, 3.05) is 11.0 Å². The molecular weight excluding hydrogens is 392 g/mol. The summed E-state index contributed by atoms with van der Waals surface area (Å²) in [5.41, 5.74) is 0.969. The van der Waals surface area contributed by atoms with Gasteiger partial charge in [-0.15, -0.1) is 11.8 Å². The predicted molar refractivity (Wildman–Crippen MR) is 114 cm³/mol. The summed E-state index contributed by atoms with van der Waals surface area (Å²) in [5.74, 6) is -0.103. The van der Waals surface area contributed by atoms with Crippen molar-refractivity contribution in [2.45, 2.75) is 54.4 Å². The first kappa shape index (κ1) is 20.7. The van der Waals surface area contributed by atoms with E-state index in [-0.39, 0.29) is 16.8 Å². The van der Waals surface area contributed by atoms with Crippen LogP contribution in [0.15, 0.2) is 58.3 Å². The molecule has 5 nitrogen and oxygen atoms in total. The molecular formula is C21H26N2O3S2. The third-order valence-electron chi connectivity index (χ3n) is 4.96. The van der Waals surface area contributed by atoms with Crippen molar-refractivity contribution in [2.24, 2.45) is 0 Å². The SMILES string of the molecule is CSc1ccc(S(=O)(=O)Nc2ccc(C(=O)NC3CCCCCC3)cc2)cc1. The minimum absolute atomic E-state index is 0.103. The highest BCUT2D eigenvalue weighted by Crippen LogP contribution is 2.21. The Labute approximate surface area is 171 Å². The fourth-order valence-corrected chi connectivity index (χ4v) is 4.82. The molecule has 7 heteroatoms. The van der Waals surface area contributed by atoms with Gasteiger partial charge in [0.2, 0.25) is 0 Å². The average molecular weight is 419 g/mol. The maximum absolute atomic E-state index is 12.5. The van der Waals surface area contributed by atoms with Crippen LogP contribution in [0.5, 0.6) is 0 Å². The number of sulfonamides is 1. The molecule has 1 aliphatic rings. The quantitative estimate of drug-likeness (QED) is 0.528. The Morgan fingerprint density at radius 2 is 1.54 bits per heavy atom. The van der Waals surface area contributed by atoms with Gasteiger partial charge in [-0.05, 0) is 67.6 Å². The number of benzene rings is 2. The highest BCUT2D eigenvalue weighted by Gasteiger charge is 2.17. The topological polar surface area (TPSA) is 75.3 Å². The van der Waals surface area contributed by atoms with Gasteiger partial charge in [0.25, 0.3) is 15.9 Å². The Kier molecular flexibility index (Phi) is 7.02. The van der Waals surface area contributed by atoms with Crippen molar-refractivity contribution >= 4 is 33.4 Å². The van der Waals surface area contributed by atoms with Crippen LogP contribution in [0.4, 0.5) is 5.69 Å². The second-order valence-electron chi connectivity index (χ2n) is 7.02. The first-order valence-electron chi connectivity index (χ1n) is 9.56. The van der Waals surface area contributed by atoms with Crippen LogP contribution >= 0.6 is 11.8 Å². The Bertz CT molecular complexity index is 886. The van der Waals surface area contributed by atoms with Crippen LogP contribution in [0.1, 0.15) is 48.9 Å². The van der Waals surface area contributed by atoms with Gasteiger partial charge in [-0.1, -0.05) is 25.7 Å². The molecule has 0 saturated heterocycles. The van der Waals surface area contributed by atoms with Crippen LogP contribution < -0.4 is 10.0 Å². The zero-order valence-corrected chi connectivity index (χ0v) is 17.6. The van der Waals surface area contributed by atoms with Crippen LogP contribution in [0.3, 0.4) is 0 Å². The van der Waals surface area contributed by atoms with Crippen molar-refractivity contribution < 1.29 is 13.2 Å². The van der Waals surface area contributed by atoms with E-state index in [1.165, 1.54) is 12.8 Å². The van der Waals surface area contributed by atoms with E-state index in [0.717, 1.165) is 30.6 Å². The van der Waals surface area contributed by atoms with E-state index in [9.17, 15) is 13.2 Å². The standard InChI is InChI=1S/C21H26N2O3S2/c1-27-19-12-14-20(15-13-19)28(25,26)23-18-10-8-16(9-11-18)21(24)22-17-6-4-2-3-5-7-17/h8-15,17,23H,2-7H2,1H3,(H,22,24). The molecule has 2 aromatic carbocycles. The number of carbonyl (C=O) groups is 1. The molecule has 28 heavy (non-hydrogen) atoms. The lowest BCUT2D eigenvalue weighted by Crippen LogP contribution is -2.34. The summed E-state index contributed by atoms with van der Waals surface area (Å²) in [6.45, 7) is 0. The summed E-state index contributed by atoms with van der Waals surface area (Å²) in [6.07, 6.45) is 8.78. The van der Waals surface area contributed by atoms with Crippen LogP contribution in [-0.2, 0) is 10.0 Å². The van der Waals surface area contributed by atoms with E-state index < -0.39 is 10.0 Å². The number of hydrogen-bond donors (Lipinski definition) is 2. The fraction of sp³-hybridized carbons (Fsp3) is 0.381. The Morgan fingerprint density at radius 3 is 2.11 bits per heavy atom. The minimum atomic E-state index is -3.66. The summed E-state index contributed by atoms with van der Waals surface area (Å²) in [7, 11) is -3.66. The van der Waals surface area contributed by atoms with Crippen LogP contribution in [-0.4, -0.2) is 26.6 Å². The van der Waals surface area contributed by atoms with E-state index in [1.807, 2.05) is 6.26 Å². The molecule has 0 spiro atoms. The highest BCUT2D eigenvalue weighted by atomic mass is 32.2. The van der Waals surface area contributed by atoms with Crippen LogP contribution in [0.2, 0.25) is 0 Å². The van der Waals surface area contributed by atoms with Crippen molar-refractivity contribution in [3.63, 3.8) is 0 Å². The third kappa shape index (κ3) is 5.52. The van der Waals surface area contributed by atoms with Crippen LogP contribution in [0.25, 0.3) is 0 Å². The summed E-state index contributed by atoms with van der Waals surface area (Å²) in [6, 6.07) is 13.5. The van der Waals surface area contributed by atoms with Gasteiger partial charge in [-0.25, -0.2) is 8.42 Å². The number of anilines is 1. The number of amides is 1. The zero-order valence-electron chi connectivity index (χ0n) is 16.0. The van der Waals surface area contributed by atoms with Crippen molar-refractivity contribution in [1.29, 1.82) is 0 Å². The minimum Gasteiger partial charge on any atom is -0.349 e. The normalized spacial score (nSPS) is 15.6. The van der Waals surface area contributed by atoms with Gasteiger partial charge >= 0.3 is 0 Å². The number of hydrogen-bond acceptors (Lipinski definition) is 4. The van der Waals surface area contributed by atoms with Crippen LogP contribution in [0, 0.1) is 0 Å². The Hall–Kier alpha value is -1.99. The molecule has 3 rings (SSSR count). The van der Waals surface area contributed by atoms with Crippen molar-refractivity contribution in [1.82, 2.24) is 5.32 Å². The summed E-state index contributed by atoms with van der Waals surface area (Å²) < 4.78 is 27.6. The molecule has 1 saturated carbocycles. The molecule has 0 aliphatic heterocycles. The molecule has 1 aliphatic carbocycles. The molecule has 0 bridgehead atoms. The summed E-state index contributed by atoms with van der Waals surface area (Å²) in [5, 5.41) is 3.10. The van der Waals surface area contributed by atoms with E-state index in [1.54, 1.807) is 60.3 Å². The second kappa shape index (κ2) is 9.47. The highest BCUT2D eigenvalue weighted by molar-refractivity contribution is 7.98. The third-order valence-corrected chi connectivity index (χ3v) is 7.10. The first-order chi connectivity index (χ1) is 13.5. The van der Waals surface area contributed by atoms with Crippen molar-refractivity contribution in [3.05, 3.63) is 54.1 Å². The van der Waals surface area contributed by atoms with Gasteiger partial charge in [0.1, 0.15) is 0 Å². The summed E-state index contributed by atoms with van der Waals surface area (Å²) in [4.78, 5) is 13.7. The molecule has 1 amide bonds.